The Bertz CT molecular complexity index is 370. The SMILES string of the molecule is COc1ccc(C(=O)N(C)OC)nc1Br. The first kappa shape index (κ1) is 11.9. The first-order valence-corrected chi connectivity index (χ1v) is 4.92. The number of hydrogen-bond acceptors (Lipinski definition) is 4. The first-order chi connectivity index (χ1) is 7.10. The summed E-state index contributed by atoms with van der Waals surface area (Å²) in [7, 11) is 4.46. The van der Waals surface area contributed by atoms with Gasteiger partial charge in [-0.2, -0.15) is 0 Å². The zero-order valence-corrected chi connectivity index (χ0v) is 10.2. The Labute approximate surface area is 96.1 Å². The molecule has 0 aliphatic heterocycles. The molecule has 1 rings (SSSR count). The minimum Gasteiger partial charge on any atom is -0.494 e. The molecule has 82 valence electrons. The normalized spacial score (nSPS) is 9.87. The van der Waals surface area contributed by atoms with E-state index in [-0.39, 0.29) is 11.6 Å². The quantitative estimate of drug-likeness (QED) is 0.619. The highest BCUT2D eigenvalue weighted by molar-refractivity contribution is 9.10. The van der Waals surface area contributed by atoms with Crippen LogP contribution in [0.3, 0.4) is 0 Å². The number of hydrogen-bond donors (Lipinski definition) is 0. The molecule has 0 aliphatic rings. The third-order valence-corrected chi connectivity index (χ3v) is 2.38. The van der Waals surface area contributed by atoms with Crippen molar-refractivity contribution in [3.05, 3.63) is 22.4 Å². The van der Waals surface area contributed by atoms with Gasteiger partial charge in [-0.3, -0.25) is 9.63 Å². The first-order valence-electron chi connectivity index (χ1n) is 4.13. The summed E-state index contributed by atoms with van der Waals surface area (Å²) in [6, 6.07) is 3.23. The number of pyridine rings is 1. The molecule has 15 heavy (non-hydrogen) atoms. The fraction of sp³-hybridized carbons (Fsp3) is 0.333. The van der Waals surface area contributed by atoms with E-state index in [1.807, 2.05) is 0 Å². The van der Waals surface area contributed by atoms with Crippen molar-refractivity contribution >= 4 is 21.8 Å². The van der Waals surface area contributed by atoms with Gasteiger partial charge in [0.15, 0.2) is 5.75 Å². The number of amides is 1. The maximum Gasteiger partial charge on any atom is 0.295 e. The third kappa shape index (κ3) is 2.66. The number of methoxy groups -OCH3 is 1. The van der Waals surface area contributed by atoms with Gasteiger partial charge in [0.25, 0.3) is 5.91 Å². The molecule has 0 radical (unpaired) electrons. The summed E-state index contributed by atoms with van der Waals surface area (Å²) in [5.74, 6) is 0.257. The number of carbonyl (C=O) groups is 1. The van der Waals surface area contributed by atoms with Gasteiger partial charge in [0, 0.05) is 7.05 Å². The molecule has 5 nitrogen and oxygen atoms in total. The largest absolute Gasteiger partial charge is 0.494 e. The number of carbonyl (C=O) groups excluding carboxylic acids is 1. The number of ether oxygens (including phenoxy) is 1. The summed E-state index contributed by atoms with van der Waals surface area (Å²) < 4.78 is 5.49. The Morgan fingerprint density at radius 1 is 1.47 bits per heavy atom. The number of hydroxylamine groups is 2. The second kappa shape index (κ2) is 5.09. The Balaban J connectivity index is 2.97. The van der Waals surface area contributed by atoms with Crippen LogP contribution < -0.4 is 4.74 Å². The van der Waals surface area contributed by atoms with Gasteiger partial charge in [0.2, 0.25) is 0 Å². The molecule has 0 fully saturated rings. The number of aromatic nitrogens is 1. The van der Waals surface area contributed by atoms with Crippen LogP contribution in [0.25, 0.3) is 0 Å². The van der Waals surface area contributed by atoms with Gasteiger partial charge >= 0.3 is 0 Å². The summed E-state index contributed by atoms with van der Waals surface area (Å²) in [4.78, 5) is 20.4. The van der Waals surface area contributed by atoms with Crippen LogP contribution >= 0.6 is 15.9 Å². The summed E-state index contributed by atoms with van der Waals surface area (Å²) in [6.45, 7) is 0. The smallest absolute Gasteiger partial charge is 0.295 e. The van der Waals surface area contributed by atoms with Crippen molar-refractivity contribution in [2.45, 2.75) is 0 Å². The maximum atomic E-state index is 11.6. The van der Waals surface area contributed by atoms with Crippen LogP contribution in [-0.4, -0.2) is 37.2 Å². The molecular weight excluding hydrogens is 264 g/mol. The lowest BCUT2D eigenvalue weighted by Gasteiger charge is -2.13. The molecule has 1 amide bonds. The van der Waals surface area contributed by atoms with Gasteiger partial charge in [-0.25, -0.2) is 10.0 Å². The van der Waals surface area contributed by atoms with Gasteiger partial charge in [0.1, 0.15) is 10.3 Å². The van der Waals surface area contributed by atoms with Gasteiger partial charge in [0.05, 0.1) is 14.2 Å². The molecule has 1 heterocycles. The third-order valence-electron chi connectivity index (χ3n) is 1.81. The summed E-state index contributed by atoms with van der Waals surface area (Å²) >= 11 is 3.20. The van der Waals surface area contributed by atoms with Crippen molar-refractivity contribution in [3.8, 4) is 5.75 Å². The second-order valence-electron chi connectivity index (χ2n) is 2.67. The highest BCUT2D eigenvalue weighted by Crippen LogP contribution is 2.22. The van der Waals surface area contributed by atoms with Crippen LogP contribution in [-0.2, 0) is 4.84 Å². The van der Waals surface area contributed by atoms with Crippen LogP contribution in [0.1, 0.15) is 10.5 Å². The van der Waals surface area contributed by atoms with Gasteiger partial charge < -0.3 is 4.74 Å². The average molecular weight is 275 g/mol. The average Bonchev–Trinajstić information content (AvgIpc) is 2.26. The zero-order valence-electron chi connectivity index (χ0n) is 8.65. The molecule has 0 saturated carbocycles. The lowest BCUT2D eigenvalue weighted by Crippen LogP contribution is -2.26. The molecule has 0 atom stereocenters. The van der Waals surface area contributed by atoms with Crippen molar-refractivity contribution in [1.82, 2.24) is 10.0 Å². The van der Waals surface area contributed by atoms with Gasteiger partial charge in [-0.15, -0.1) is 0 Å². The molecule has 0 spiro atoms. The number of rotatable bonds is 3. The molecule has 1 aromatic rings. The van der Waals surface area contributed by atoms with E-state index in [2.05, 4.69) is 20.9 Å². The predicted molar refractivity (Wildman–Crippen MR) is 57.6 cm³/mol. The van der Waals surface area contributed by atoms with Gasteiger partial charge in [-0.05, 0) is 28.1 Å². The van der Waals surface area contributed by atoms with Crippen LogP contribution in [0.2, 0.25) is 0 Å². The minimum atomic E-state index is -0.319. The van der Waals surface area contributed by atoms with E-state index in [4.69, 9.17) is 9.57 Å². The predicted octanol–water partition coefficient (Wildman–Crippen LogP) is 1.49. The summed E-state index contributed by atoms with van der Waals surface area (Å²) in [6.07, 6.45) is 0. The number of halogens is 1. The van der Waals surface area contributed by atoms with E-state index in [0.717, 1.165) is 5.06 Å². The van der Waals surface area contributed by atoms with E-state index in [1.54, 1.807) is 12.1 Å². The molecule has 1 aromatic heterocycles. The second-order valence-corrected chi connectivity index (χ2v) is 3.43. The van der Waals surface area contributed by atoms with Crippen molar-refractivity contribution in [2.75, 3.05) is 21.3 Å². The zero-order chi connectivity index (χ0) is 11.4. The topological polar surface area (TPSA) is 51.7 Å². The van der Waals surface area contributed by atoms with E-state index < -0.39 is 0 Å². The minimum absolute atomic E-state index is 0.284. The van der Waals surface area contributed by atoms with Crippen LogP contribution in [0.4, 0.5) is 0 Å². The van der Waals surface area contributed by atoms with Crippen LogP contribution in [0, 0.1) is 0 Å². The Kier molecular flexibility index (Phi) is 4.05. The lowest BCUT2D eigenvalue weighted by atomic mass is 10.3. The Morgan fingerprint density at radius 3 is 2.60 bits per heavy atom. The highest BCUT2D eigenvalue weighted by atomic mass is 79.9. The van der Waals surface area contributed by atoms with E-state index in [1.165, 1.54) is 21.3 Å². The van der Waals surface area contributed by atoms with Crippen molar-refractivity contribution in [2.24, 2.45) is 0 Å². The van der Waals surface area contributed by atoms with Crippen LogP contribution in [0.15, 0.2) is 16.7 Å². The van der Waals surface area contributed by atoms with Crippen LogP contribution in [0.5, 0.6) is 5.75 Å². The number of nitrogens with zero attached hydrogens (tertiary/aromatic N) is 2. The summed E-state index contributed by atoms with van der Waals surface area (Å²) in [5.41, 5.74) is 0.284. The summed E-state index contributed by atoms with van der Waals surface area (Å²) in [5, 5.41) is 1.10. The molecule has 0 unspecified atom stereocenters. The highest BCUT2D eigenvalue weighted by Gasteiger charge is 2.14. The van der Waals surface area contributed by atoms with E-state index in [0.29, 0.717) is 10.4 Å². The van der Waals surface area contributed by atoms with Crippen molar-refractivity contribution in [1.29, 1.82) is 0 Å². The fourth-order valence-electron chi connectivity index (χ4n) is 0.937. The van der Waals surface area contributed by atoms with E-state index in [9.17, 15) is 4.79 Å². The standard InChI is InChI=1S/C9H11BrN2O3/c1-12(15-3)9(13)6-4-5-7(14-2)8(10)11-6/h4-5H,1-3H3. The molecule has 0 bridgehead atoms. The van der Waals surface area contributed by atoms with Crippen molar-refractivity contribution in [3.63, 3.8) is 0 Å². The fourth-order valence-corrected chi connectivity index (χ4v) is 1.42. The Morgan fingerprint density at radius 2 is 2.13 bits per heavy atom. The van der Waals surface area contributed by atoms with Crippen molar-refractivity contribution < 1.29 is 14.4 Å². The lowest BCUT2D eigenvalue weighted by molar-refractivity contribution is -0.0760. The maximum absolute atomic E-state index is 11.6. The van der Waals surface area contributed by atoms with E-state index >= 15 is 0 Å². The molecule has 0 aliphatic carbocycles. The molecule has 6 heteroatoms. The Hall–Kier alpha value is -1.14. The molecule has 0 N–H and O–H groups in total. The molecule has 0 saturated heterocycles. The molecular formula is C9H11BrN2O3. The van der Waals surface area contributed by atoms with Gasteiger partial charge in [-0.1, -0.05) is 0 Å². The molecule has 0 aromatic carbocycles. The monoisotopic (exact) mass is 274 g/mol.